The molecule has 0 aliphatic heterocycles. The van der Waals surface area contributed by atoms with E-state index in [1.807, 2.05) is 72.8 Å². The Balaban J connectivity index is 1.45. The van der Waals surface area contributed by atoms with Gasteiger partial charge in [-0.1, -0.05) is 103 Å². The second kappa shape index (κ2) is 11.5. The van der Waals surface area contributed by atoms with Crippen molar-refractivity contribution >= 4 is 43.5 Å². The second-order valence-corrected chi connectivity index (χ2v) is 12.8. The van der Waals surface area contributed by atoms with E-state index in [0.717, 1.165) is 16.5 Å². The zero-order valence-corrected chi connectivity index (χ0v) is 27.5. The highest BCUT2D eigenvalue weighted by Gasteiger charge is 2.33. The third-order valence-corrected chi connectivity index (χ3v) is 9.96. The third-order valence-electron chi connectivity index (χ3n) is 9.96. The van der Waals surface area contributed by atoms with Crippen molar-refractivity contribution in [1.29, 1.82) is 0 Å². The van der Waals surface area contributed by atoms with Crippen LogP contribution in [-0.4, -0.2) is 40.9 Å². The fourth-order valence-corrected chi connectivity index (χ4v) is 7.48. The SMILES string of the molecule is Oc1c(O)c(O)c2c(-c3ccccc3-c3ccc(-c4ccccc4)cc3)c3c(O)c(O)c(O)c(O)c3c(-c3ccc4oc5ccccc5c4c3)c2c1O. The van der Waals surface area contributed by atoms with Crippen LogP contribution in [0.5, 0.6) is 46.0 Å². The van der Waals surface area contributed by atoms with Gasteiger partial charge >= 0.3 is 0 Å². The zero-order chi connectivity index (χ0) is 36.7. The number of phenolic OH excluding ortho intramolecular Hbond substituents is 8. The van der Waals surface area contributed by atoms with Gasteiger partial charge in [0.05, 0.1) is 0 Å². The van der Waals surface area contributed by atoms with Gasteiger partial charge in [-0.25, -0.2) is 0 Å². The molecule has 1 heterocycles. The van der Waals surface area contributed by atoms with Crippen molar-refractivity contribution < 1.29 is 45.3 Å². The highest BCUT2D eigenvalue weighted by molar-refractivity contribution is 6.30. The van der Waals surface area contributed by atoms with Crippen molar-refractivity contribution in [3.63, 3.8) is 0 Å². The molecule has 0 fully saturated rings. The first kappa shape index (κ1) is 31.5. The number of rotatable bonds is 4. The maximum Gasteiger partial charge on any atom is 0.204 e. The molecular formula is C44H28O9. The Kier molecular flexibility index (Phi) is 6.83. The Morgan fingerprint density at radius 2 is 0.736 bits per heavy atom. The van der Waals surface area contributed by atoms with Crippen LogP contribution < -0.4 is 0 Å². The predicted molar refractivity (Wildman–Crippen MR) is 204 cm³/mol. The van der Waals surface area contributed by atoms with Crippen molar-refractivity contribution in [3.8, 4) is 90.5 Å². The third kappa shape index (κ3) is 4.51. The van der Waals surface area contributed by atoms with E-state index in [1.165, 1.54) is 0 Å². The Morgan fingerprint density at radius 1 is 0.302 bits per heavy atom. The maximum atomic E-state index is 11.7. The lowest BCUT2D eigenvalue weighted by molar-refractivity contribution is 0.350. The first-order chi connectivity index (χ1) is 25.7. The Hall–Kier alpha value is -7.52. The van der Waals surface area contributed by atoms with Gasteiger partial charge in [-0.3, -0.25) is 0 Å². The van der Waals surface area contributed by atoms with Crippen molar-refractivity contribution in [2.24, 2.45) is 0 Å². The summed E-state index contributed by atoms with van der Waals surface area (Å²) in [7, 11) is 0. The van der Waals surface area contributed by atoms with Gasteiger partial charge in [0.2, 0.25) is 23.0 Å². The van der Waals surface area contributed by atoms with E-state index < -0.39 is 46.0 Å². The fourth-order valence-electron chi connectivity index (χ4n) is 7.48. The van der Waals surface area contributed by atoms with Gasteiger partial charge in [-0.05, 0) is 51.6 Å². The molecule has 8 aromatic carbocycles. The molecule has 0 amide bonds. The topological polar surface area (TPSA) is 175 Å². The molecule has 0 aliphatic carbocycles. The maximum absolute atomic E-state index is 11.7. The Labute approximate surface area is 300 Å². The minimum atomic E-state index is -1.03. The molecule has 9 nitrogen and oxygen atoms in total. The van der Waals surface area contributed by atoms with Crippen LogP contribution in [0.15, 0.2) is 126 Å². The smallest absolute Gasteiger partial charge is 0.204 e. The highest BCUT2D eigenvalue weighted by atomic mass is 16.4. The lowest BCUT2D eigenvalue weighted by atomic mass is 9.81. The molecule has 258 valence electrons. The standard InChI is InChI=1S/C44H28O9/c45-37-33-31(24-18-19-30-28(20-24)26-11-6-7-13-29(26)53-30)34-36(40(48)44(52)42(50)38(34)46)32(35(33)39(47)43(51)41(37)49)27-12-5-4-10-25(27)23-16-14-22(15-17-23)21-8-2-1-3-9-21/h1-20,45-52H. The summed E-state index contributed by atoms with van der Waals surface area (Å²) in [6.45, 7) is 0. The molecular weight excluding hydrogens is 672 g/mol. The highest BCUT2D eigenvalue weighted by Crippen LogP contribution is 2.62. The van der Waals surface area contributed by atoms with Gasteiger partial charge in [0.1, 0.15) is 11.2 Å². The molecule has 0 saturated heterocycles. The molecule has 8 N–H and O–H groups in total. The number of hydrogen-bond acceptors (Lipinski definition) is 9. The Morgan fingerprint density at radius 3 is 1.34 bits per heavy atom. The first-order valence-electron chi connectivity index (χ1n) is 16.6. The van der Waals surface area contributed by atoms with Crippen LogP contribution in [0.1, 0.15) is 0 Å². The van der Waals surface area contributed by atoms with Gasteiger partial charge in [0.25, 0.3) is 0 Å². The molecule has 0 spiro atoms. The van der Waals surface area contributed by atoms with Crippen molar-refractivity contribution in [3.05, 3.63) is 121 Å². The molecule has 9 heteroatoms. The van der Waals surface area contributed by atoms with E-state index >= 15 is 0 Å². The number of hydrogen-bond donors (Lipinski definition) is 8. The van der Waals surface area contributed by atoms with Gasteiger partial charge < -0.3 is 45.3 Å². The van der Waals surface area contributed by atoms with Gasteiger partial charge in [0.15, 0.2) is 23.0 Å². The van der Waals surface area contributed by atoms with Crippen LogP contribution in [-0.2, 0) is 0 Å². The summed E-state index contributed by atoms with van der Waals surface area (Å²) < 4.78 is 6.01. The molecule has 0 radical (unpaired) electrons. The van der Waals surface area contributed by atoms with Gasteiger partial charge in [-0.15, -0.1) is 0 Å². The van der Waals surface area contributed by atoms with Crippen molar-refractivity contribution in [2.45, 2.75) is 0 Å². The first-order valence-corrected chi connectivity index (χ1v) is 16.6. The molecule has 1 aromatic heterocycles. The van der Waals surface area contributed by atoms with Crippen LogP contribution in [0.3, 0.4) is 0 Å². The summed E-state index contributed by atoms with van der Waals surface area (Å²) >= 11 is 0. The van der Waals surface area contributed by atoms with E-state index in [0.29, 0.717) is 38.8 Å². The zero-order valence-electron chi connectivity index (χ0n) is 27.5. The number of para-hydroxylation sites is 1. The molecule has 9 rings (SSSR count). The van der Waals surface area contributed by atoms with Crippen LogP contribution in [0, 0.1) is 0 Å². The van der Waals surface area contributed by atoms with E-state index in [2.05, 4.69) is 0 Å². The average molecular weight is 701 g/mol. The van der Waals surface area contributed by atoms with E-state index in [9.17, 15) is 40.9 Å². The predicted octanol–water partition coefficient (Wildman–Crippen LogP) is 10.2. The van der Waals surface area contributed by atoms with Crippen LogP contribution in [0.25, 0.3) is 88.0 Å². The largest absolute Gasteiger partial charge is 0.504 e. The minimum absolute atomic E-state index is 0.0254. The normalized spacial score (nSPS) is 11.6. The van der Waals surface area contributed by atoms with Crippen molar-refractivity contribution in [1.82, 2.24) is 0 Å². The second-order valence-electron chi connectivity index (χ2n) is 12.8. The average Bonchev–Trinajstić information content (AvgIpc) is 3.58. The lowest BCUT2D eigenvalue weighted by Gasteiger charge is -2.23. The monoisotopic (exact) mass is 700 g/mol. The van der Waals surface area contributed by atoms with Crippen molar-refractivity contribution in [2.75, 3.05) is 0 Å². The summed E-state index contributed by atoms with van der Waals surface area (Å²) in [5, 5.41) is 91.3. The fraction of sp³-hybridized carbons (Fsp3) is 0. The number of fused-ring (bicyclic) bond motifs is 5. The molecule has 0 unspecified atom stereocenters. The number of furan rings is 1. The molecule has 9 aromatic rings. The number of phenols is 8. The summed E-state index contributed by atoms with van der Waals surface area (Å²) in [6.07, 6.45) is 0. The van der Waals surface area contributed by atoms with E-state index in [1.54, 1.807) is 48.5 Å². The molecule has 0 bridgehead atoms. The molecule has 0 atom stereocenters. The van der Waals surface area contributed by atoms with Crippen LogP contribution >= 0.6 is 0 Å². The quantitative estimate of drug-likeness (QED) is 0.0504. The summed E-state index contributed by atoms with van der Waals surface area (Å²) in [5.74, 6) is -7.51. The summed E-state index contributed by atoms with van der Waals surface area (Å²) in [4.78, 5) is 0. The lowest BCUT2D eigenvalue weighted by Crippen LogP contribution is -1.96. The van der Waals surface area contributed by atoms with E-state index in [-0.39, 0.29) is 32.7 Å². The molecule has 0 aliphatic rings. The minimum Gasteiger partial charge on any atom is -0.504 e. The Bertz CT molecular complexity index is 2880. The number of benzene rings is 8. The summed E-state index contributed by atoms with van der Waals surface area (Å²) in [5.41, 5.74) is 4.95. The van der Waals surface area contributed by atoms with Crippen LogP contribution in [0.2, 0.25) is 0 Å². The molecule has 53 heavy (non-hydrogen) atoms. The summed E-state index contributed by atoms with van der Waals surface area (Å²) in [6, 6.07) is 36.7. The number of aromatic hydroxyl groups is 8. The van der Waals surface area contributed by atoms with Gasteiger partial charge in [0, 0.05) is 43.4 Å². The van der Waals surface area contributed by atoms with Gasteiger partial charge in [-0.2, -0.15) is 0 Å². The van der Waals surface area contributed by atoms with E-state index in [4.69, 9.17) is 4.42 Å². The molecule has 0 saturated carbocycles. The van der Waals surface area contributed by atoms with Crippen LogP contribution in [0.4, 0.5) is 0 Å².